The van der Waals surface area contributed by atoms with E-state index >= 15 is 0 Å². The average molecular weight is 289 g/mol. The minimum atomic E-state index is 0.292. The van der Waals surface area contributed by atoms with Crippen LogP contribution in [0.15, 0.2) is 36.5 Å². The molecular weight excluding hydrogens is 280 g/mol. The van der Waals surface area contributed by atoms with E-state index < -0.39 is 0 Å². The second kappa shape index (κ2) is 5.58. The summed E-state index contributed by atoms with van der Waals surface area (Å²) in [6, 6.07) is 8.67. The molecule has 0 bridgehead atoms. The summed E-state index contributed by atoms with van der Waals surface area (Å²) in [4.78, 5) is 4.12. The summed E-state index contributed by atoms with van der Waals surface area (Å²) < 4.78 is 5.52. The Morgan fingerprint density at radius 1 is 1.12 bits per heavy atom. The largest absolute Gasteiger partial charge is 0.486 e. The van der Waals surface area contributed by atoms with Crippen LogP contribution in [-0.2, 0) is 6.61 Å². The predicted octanol–water partition coefficient (Wildman–Crippen LogP) is 4.62. The first-order valence-corrected chi connectivity index (χ1v) is 5.97. The standard InChI is InChI=1S/C12H8Cl3NO/c13-8-4-5-16-9(6-8)7-17-11-3-1-2-10(14)12(11)15/h1-6H,7H2. The van der Waals surface area contributed by atoms with E-state index in [4.69, 9.17) is 39.5 Å². The van der Waals surface area contributed by atoms with E-state index in [0.29, 0.717) is 27.4 Å². The van der Waals surface area contributed by atoms with Crippen molar-refractivity contribution in [1.82, 2.24) is 4.98 Å². The second-order valence-corrected chi connectivity index (χ2v) is 4.53. The summed E-state index contributed by atoms with van der Waals surface area (Å²) in [7, 11) is 0. The number of aromatic nitrogens is 1. The first-order valence-electron chi connectivity index (χ1n) is 4.84. The number of hydrogen-bond acceptors (Lipinski definition) is 2. The molecule has 0 aliphatic rings. The average Bonchev–Trinajstić information content (AvgIpc) is 2.31. The molecule has 2 nitrogen and oxygen atoms in total. The van der Waals surface area contributed by atoms with Crippen molar-refractivity contribution in [3.63, 3.8) is 0 Å². The minimum absolute atomic E-state index is 0.292. The van der Waals surface area contributed by atoms with Gasteiger partial charge in [-0.25, -0.2) is 0 Å². The highest BCUT2D eigenvalue weighted by Crippen LogP contribution is 2.31. The zero-order valence-electron chi connectivity index (χ0n) is 8.66. The molecule has 0 radical (unpaired) electrons. The van der Waals surface area contributed by atoms with Crippen LogP contribution < -0.4 is 4.74 Å². The third kappa shape index (κ3) is 3.25. The summed E-state index contributed by atoms with van der Waals surface area (Å²) in [5.41, 5.74) is 0.730. The highest BCUT2D eigenvalue weighted by Gasteiger charge is 2.06. The molecule has 1 heterocycles. The molecule has 5 heteroatoms. The number of rotatable bonds is 3. The molecule has 1 aromatic carbocycles. The van der Waals surface area contributed by atoms with Crippen molar-refractivity contribution >= 4 is 34.8 Å². The molecular formula is C12H8Cl3NO. The summed E-state index contributed by atoms with van der Waals surface area (Å²) in [6.07, 6.45) is 1.63. The van der Waals surface area contributed by atoms with Gasteiger partial charge in [-0.2, -0.15) is 0 Å². The van der Waals surface area contributed by atoms with Crippen LogP contribution in [0.5, 0.6) is 5.75 Å². The third-order valence-corrected chi connectivity index (χ3v) is 3.11. The lowest BCUT2D eigenvalue weighted by Crippen LogP contribution is -1.98. The molecule has 88 valence electrons. The fourth-order valence-electron chi connectivity index (χ4n) is 1.27. The van der Waals surface area contributed by atoms with Crippen LogP contribution in [0.2, 0.25) is 15.1 Å². The van der Waals surface area contributed by atoms with Crippen LogP contribution in [0.25, 0.3) is 0 Å². The molecule has 0 aliphatic carbocycles. The van der Waals surface area contributed by atoms with Gasteiger partial charge < -0.3 is 4.74 Å². The summed E-state index contributed by atoms with van der Waals surface area (Å²) in [5.74, 6) is 0.529. The molecule has 0 saturated heterocycles. The Labute approximate surface area is 114 Å². The predicted molar refractivity (Wildman–Crippen MR) is 70.0 cm³/mol. The zero-order valence-corrected chi connectivity index (χ0v) is 10.9. The molecule has 0 aliphatic heterocycles. The van der Waals surface area contributed by atoms with Gasteiger partial charge in [0, 0.05) is 11.2 Å². The molecule has 0 spiro atoms. The number of hydrogen-bond donors (Lipinski definition) is 0. The first-order chi connectivity index (χ1) is 8.16. The van der Waals surface area contributed by atoms with E-state index in [1.807, 2.05) is 0 Å². The smallest absolute Gasteiger partial charge is 0.140 e. The van der Waals surface area contributed by atoms with Gasteiger partial charge in [0.05, 0.1) is 10.7 Å². The fraction of sp³-hybridized carbons (Fsp3) is 0.0833. The maximum absolute atomic E-state index is 5.99. The van der Waals surface area contributed by atoms with Crippen LogP contribution in [0.3, 0.4) is 0 Å². The maximum atomic E-state index is 5.99. The molecule has 0 atom stereocenters. The van der Waals surface area contributed by atoms with Crippen molar-refractivity contribution in [2.75, 3.05) is 0 Å². The van der Waals surface area contributed by atoms with Crippen molar-refractivity contribution in [1.29, 1.82) is 0 Å². The van der Waals surface area contributed by atoms with Gasteiger partial charge in [-0.3, -0.25) is 4.98 Å². The first kappa shape index (κ1) is 12.5. The van der Waals surface area contributed by atoms with Crippen molar-refractivity contribution in [3.05, 3.63) is 57.3 Å². The van der Waals surface area contributed by atoms with Crippen LogP contribution >= 0.6 is 34.8 Å². The lowest BCUT2D eigenvalue weighted by atomic mass is 10.3. The van der Waals surface area contributed by atoms with Gasteiger partial charge in [0.1, 0.15) is 17.4 Å². The number of halogens is 3. The Kier molecular flexibility index (Phi) is 4.11. The van der Waals surface area contributed by atoms with Crippen LogP contribution in [0.4, 0.5) is 0 Å². The zero-order chi connectivity index (χ0) is 12.3. The SMILES string of the molecule is Clc1ccnc(COc2cccc(Cl)c2Cl)c1. The van der Waals surface area contributed by atoms with Crippen LogP contribution in [0, 0.1) is 0 Å². The quantitative estimate of drug-likeness (QED) is 0.822. The Bertz CT molecular complexity index is 531. The lowest BCUT2D eigenvalue weighted by Gasteiger charge is -2.08. The highest BCUT2D eigenvalue weighted by atomic mass is 35.5. The van der Waals surface area contributed by atoms with Gasteiger partial charge in [-0.1, -0.05) is 40.9 Å². The van der Waals surface area contributed by atoms with E-state index in [1.165, 1.54) is 0 Å². The van der Waals surface area contributed by atoms with E-state index in [0.717, 1.165) is 5.69 Å². The number of ether oxygens (including phenoxy) is 1. The van der Waals surface area contributed by atoms with Crippen molar-refractivity contribution in [2.45, 2.75) is 6.61 Å². The minimum Gasteiger partial charge on any atom is -0.486 e. The van der Waals surface area contributed by atoms with Crippen molar-refractivity contribution in [2.24, 2.45) is 0 Å². The normalized spacial score (nSPS) is 10.3. The third-order valence-electron chi connectivity index (χ3n) is 2.07. The molecule has 0 amide bonds. The van der Waals surface area contributed by atoms with Gasteiger partial charge in [0.2, 0.25) is 0 Å². The van der Waals surface area contributed by atoms with Gasteiger partial charge >= 0.3 is 0 Å². The molecule has 0 N–H and O–H groups in total. The summed E-state index contributed by atoms with van der Waals surface area (Å²) in [6.45, 7) is 0.292. The van der Waals surface area contributed by atoms with Crippen molar-refractivity contribution < 1.29 is 4.74 Å². The maximum Gasteiger partial charge on any atom is 0.140 e. The Morgan fingerprint density at radius 2 is 1.94 bits per heavy atom. The lowest BCUT2D eigenvalue weighted by molar-refractivity contribution is 0.301. The molecule has 2 aromatic rings. The fourth-order valence-corrected chi connectivity index (χ4v) is 1.80. The Hall–Kier alpha value is -0.960. The monoisotopic (exact) mass is 287 g/mol. The summed E-state index contributed by atoms with van der Waals surface area (Å²) >= 11 is 17.7. The van der Waals surface area contributed by atoms with E-state index in [-0.39, 0.29) is 0 Å². The van der Waals surface area contributed by atoms with Gasteiger partial charge in [-0.15, -0.1) is 0 Å². The molecule has 0 unspecified atom stereocenters. The molecule has 17 heavy (non-hydrogen) atoms. The van der Waals surface area contributed by atoms with E-state index in [1.54, 1.807) is 36.5 Å². The van der Waals surface area contributed by atoms with Gasteiger partial charge in [0.25, 0.3) is 0 Å². The second-order valence-electron chi connectivity index (χ2n) is 3.31. The number of pyridine rings is 1. The molecule has 1 aromatic heterocycles. The topological polar surface area (TPSA) is 22.1 Å². The van der Waals surface area contributed by atoms with E-state index in [9.17, 15) is 0 Å². The Balaban J connectivity index is 2.10. The Morgan fingerprint density at radius 3 is 2.71 bits per heavy atom. The molecule has 0 saturated carbocycles. The van der Waals surface area contributed by atoms with Gasteiger partial charge in [0.15, 0.2) is 0 Å². The molecule has 2 rings (SSSR count). The summed E-state index contributed by atoms with van der Waals surface area (Å²) in [5, 5.41) is 1.48. The van der Waals surface area contributed by atoms with E-state index in [2.05, 4.69) is 4.98 Å². The molecule has 0 fully saturated rings. The van der Waals surface area contributed by atoms with Crippen molar-refractivity contribution in [3.8, 4) is 5.75 Å². The van der Waals surface area contributed by atoms with Crippen LogP contribution in [-0.4, -0.2) is 4.98 Å². The highest BCUT2D eigenvalue weighted by molar-refractivity contribution is 6.42. The van der Waals surface area contributed by atoms with Gasteiger partial charge in [-0.05, 0) is 24.3 Å². The number of nitrogens with zero attached hydrogens (tertiary/aromatic N) is 1. The number of benzene rings is 1. The van der Waals surface area contributed by atoms with Crippen LogP contribution in [0.1, 0.15) is 5.69 Å².